The number of likely N-dealkylation sites (N-methyl/N-ethyl adjacent to an activating group) is 2. The van der Waals surface area contributed by atoms with E-state index in [4.69, 9.17) is 9.47 Å². The quantitative estimate of drug-likeness (QED) is 0.807. The number of carbonyl (C=O) groups is 1. The van der Waals surface area contributed by atoms with Crippen molar-refractivity contribution in [1.82, 2.24) is 10.2 Å². The maximum Gasteiger partial charge on any atom is 0.176 e. The number of benzene rings is 1. The number of likely N-dealkylation sites (tertiary alicyclic amines) is 1. The summed E-state index contributed by atoms with van der Waals surface area (Å²) in [6, 6.07) is 5.38. The molecule has 1 atom stereocenters. The summed E-state index contributed by atoms with van der Waals surface area (Å²) in [6.45, 7) is 2.36. The Morgan fingerprint density at radius 2 is 2.24 bits per heavy atom. The van der Waals surface area contributed by atoms with Gasteiger partial charge in [-0.1, -0.05) is 0 Å². The molecular weight excluding hydrogens is 268 g/mol. The van der Waals surface area contributed by atoms with E-state index >= 15 is 0 Å². The van der Waals surface area contributed by atoms with Crippen LogP contribution in [0.15, 0.2) is 18.2 Å². The Morgan fingerprint density at radius 3 is 2.90 bits per heavy atom. The molecular formula is C16H24N2O3. The van der Waals surface area contributed by atoms with Crippen molar-refractivity contribution in [2.45, 2.75) is 18.9 Å². The van der Waals surface area contributed by atoms with Gasteiger partial charge in [-0.05, 0) is 51.7 Å². The number of nitrogens with zero attached hydrogens (tertiary/aromatic N) is 1. The van der Waals surface area contributed by atoms with Crippen LogP contribution in [0.2, 0.25) is 0 Å². The summed E-state index contributed by atoms with van der Waals surface area (Å²) in [6.07, 6.45) is 2.37. The van der Waals surface area contributed by atoms with E-state index < -0.39 is 0 Å². The highest BCUT2D eigenvalue weighted by molar-refractivity contribution is 5.98. The molecule has 5 nitrogen and oxygen atoms in total. The Hall–Kier alpha value is -1.59. The van der Waals surface area contributed by atoms with E-state index in [1.807, 2.05) is 6.07 Å². The van der Waals surface area contributed by atoms with Crippen molar-refractivity contribution in [3.05, 3.63) is 23.8 Å². The third-order valence-electron chi connectivity index (χ3n) is 3.70. The molecule has 0 radical (unpaired) electrons. The van der Waals surface area contributed by atoms with Crippen molar-refractivity contribution < 1.29 is 14.3 Å². The molecule has 1 aliphatic rings. The normalized spacial score (nSPS) is 19.3. The first-order valence-electron chi connectivity index (χ1n) is 7.35. The number of methoxy groups -OCH3 is 1. The number of piperidine rings is 1. The summed E-state index contributed by atoms with van der Waals surface area (Å²) in [4.78, 5) is 14.2. The lowest BCUT2D eigenvalue weighted by atomic mass is 10.1. The first-order chi connectivity index (χ1) is 10.1. The van der Waals surface area contributed by atoms with Crippen molar-refractivity contribution >= 4 is 5.78 Å². The van der Waals surface area contributed by atoms with E-state index in [0.29, 0.717) is 23.6 Å². The van der Waals surface area contributed by atoms with Gasteiger partial charge in [0.1, 0.15) is 6.10 Å². The van der Waals surface area contributed by atoms with Crippen molar-refractivity contribution in [3.63, 3.8) is 0 Å². The van der Waals surface area contributed by atoms with Gasteiger partial charge in [0, 0.05) is 12.1 Å². The Bertz CT molecular complexity index is 490. The van der Waals surface area contributed by atoms with E-state index in [0.717, 1.165) is 25.9 Å². The topological polar surface area (TPSA) is 50.8 Å². The highest BCUT2D eigenvalue weighted by Crippen LogP contribution is 2.30. The number of carbonyl (C=O) groups excluding carboxylic acids is 1. The molecule has 116 valence electrons. The van der Waals surface area contributed by atoms with Crippen molar-refractivity contribution in [1.29, 1.82) is 0 Å². The van der Waals surface area contributed by atoms with Gasteiger partial charge in [-0.15, -0.1) is 0 Å². The Balaban J connectivity index is 2.10. The molecule has 21 heavy (non-hydrogen) atoms. The van der Waals surface area contributed by atoms with Crippen LogP contribution in [0.5, 0.6) is 11.5 Å². The van der Waals surface area contributed by atoms with Crippen LogP contribution < -0.4 is 14.8 Å². The van der Waals surface area contributed by atoms with Gasteiger partial charge >= 0.3 is 0 Å². The van der Waals surface area contributed by atoms with Gasteiger partial charge in [0.15, 0.2) is 17.3 Å². The average Bonchev–Trinajstić information content (AvgIpc) is 2.48. The second-order valence-corrected chi connectivity index (χ2v) is 5.46. The monoisotopic (exact) mass is 292 g/mol. The largest absolute Gasteiger partial charge is 0.493 e. The number of Topliss-reactive ketones (excluding diaryl/α,β-unsaturated/α-hetero) is 1. The molecule has 1 unspecified atom stereocenters. The van der Waals surface area contributed by atoms with Crippen LogP contribution in [0, 0.1) is 0 Å². The number of nitrogens with one attached hydrogen (secondary N) is 1. The summed E-state index contributed by atoms with van der Waals surface area (Å²) in [7, 11) is 5.46. The van der Waals surface area contributed by atoms with Crippen LogP contribution in [0.3, 0.4) is 0 Å². The zero-order valence-corrected chi connectivity index (χ0v) is 13.0. The maximum absolute atomic E-state index is 11.9. The van der Waals surface area contributed by atoms with Gasteiger partial charge in [-0.2, -0.15) is 0 Å². The minimum Gasteiger partial charge on any atom is -0.493 e. The molecule has 1 fully saturated rings. The molecule has 0 amide bonds. The second kappa shape index (κ2) is 7.43. The number of ether oxygens (including phenoxy) is 2. The summed E-state index contributed by atoms with van der Waals surface area (Å²) in [5, 5.41) is 2.86. The number of ketones is 1. The number of rotatable bonds is 6. The molecule has 1 aliphatic heterocycles. The predicted molar refractivity (Wildman–Crippen MR) is 82.4 cm³/mol. The number of hydrogen-bond donors (Lipinski definition) is 1. The van der Waals surface area contributed by atoms with Crippen LogP contribution >= 0.6 is 0 Å². The zero-order valence-electron chi connectivity index (χ0n) is 13.0. The maximum atomic E-state index is 11.9. The molecule has 1 aromatic carbocycles. The molecule has 5 heteroatoms. The fourth-order valence-electron chi connectivity index (χ4n) is 2.60. The molecule has 1 aromatic rings. The Labute approximate surface area is 126 Å². The summed E-state index contributed by atoms with van der Waals surface area (Å²) >= 11 is 0. The minimum atomic E-state index is 0.0414. The average molecular weight is 292 g/mol. The van der Waals surface area contributed by atoms with Gasteiger partial charge in [-0.25, -0.2) is 0 Å². The SMILES string of the molecule is CNCC(=O)c1ccc(OC2CCCN(C)C2)c(OC)c1. The molecule has 1 N–H and O–H groups in total. The molecule has 0 spiro atoms. The second-order valence-electron chi connectivity index (χ2n) is 5.46. The summed E-state index contributed by atoms with van der Waals surface area (Å²) in [5.41, 5.74) is 0.634. The van der Waals surface area contributed by atoms with E-state index in [-0.39, 0.29) is 11.9 Å². The van der Waals surface area contributed by atoms with Gasteiger partial charge in [0.25, 0.3) is 0 Å². The third-order valence-corrected chi connectivity index (χ3v) is 3.70. The fraction of sp³-hybridized carbons (Fsp3) is 0.562. The third kappa shape index (κ3) is 4.19. The summed E-state index contributed by atoms with van der Waals surface area (Å²) in [5.74, 6) is 1.36. The first-order valence-corrected chi connectivity index (χ1v) is 7.35. The van der Waals surface area contributed by atoms with E-state index in [1.165, 1.54) is 0 Å². The number of hydrogen-bond acceptors (Lipinski definition) is 5. The van der Waals surface area contributed by atoms with Crippen molar-refractivity contribution in [2.24, 2.45) is 0 Å². The van der Waals surface area contributed by atoms with Gasteiger partial charge in [-0.3, -0.25) is 4.79 Å². The molecule has 0 saturated carbocycles. The van der Waals surface area contributed by atoms with Crippen LogP contribution in [0.1, 0.15) is 23.2 Å². The molecule has 1 saturated heterocycles. The lowest BCUT2D eigenvalue weighted by Gasteiger charge is -2.30. The molecule has 0 aromatic heterocycles. The smallest absolute Gasteiger partial charge is 0.176 e. The van der Waals surface area contributed by atoms with Gasteiger partial charge < -0.3 is 19.7 Å². The minimum absolute atomic E-state index is 0.0414. The predicted octanol–water partition coefficient (Wildman–Crippen LogP) is 1.57. The zero-order chi connectivity index (χ0) is 15.2. The van der Waals surface area contributed by atoms with Crippen molar-refractivity contribution in [3.8, 4) is 11.5 Å². The molecule has 0 aliphatic carbocycles. The van der Waals surface area contributed by atoms with Crippen LogP contribution in [-0.4, -0.2) is 57.6 Å². The standard InChI is InChI=1S/C16H24N2O3/c1-17-10-14(19)12-6-7-15(16(9-12)20-3)21-13-5-4-8-18(2)11-13/h6-7,9,13,17H,4-5,8,10-11H2,1-3H3. The van der Waals surface area contributed by atoms with E-state index in [2.05, 4.69) is 17.3 Å². The Morgan fingerprint density at radius 1 is 1.43 bits per heavy atom. The van der Waals surface area contributed by atoms with Crippen LogP contribution in [0.25, 0.3) is 0 Å². The lowest BCUT2D eigenvalue weighted by Crippen LogP contribution is -2.38. The van der Waals surface area contributed by atoms with Gasteiger partial charge in [0.05, 0.1) is 13.7 Å². The molecule has 2 rings (SSSR count). The summed E-state index contributed by atoms with van der Waals surface area (Å²) < 4.78 is 11.4. The van der Waals surface area contributed by atoms with Crippen LogP contribution in [0.4, 0.5) is 0 Å². The fourth-order valence-corrected chi connectivity index (χ4v) is 2.60. The highest BCUT2D eigenvalue weighted by Gasteiger charge is 2.20. The Kier molecular flexibility index (Phi) is 5.59. The first kappa shape index (κ1) is 15.8. The van der Waals surface area contributed by atoms with Crippen LogP contribution in [-0.2, 0) is 0 Å². The van der Waals surface area contributed by atoms with Crippen molar-refractivity contribution in [2.75, 3.05) is 40.8 Å². The molecule has 1 heterocycles. The highest BCUT2D eigenvalue weighted by atomic mass is 16.5. The van der Waals surface area contributed by atoms with E-state index in [9.17, 15) is 4.79 Å². The van der Waals surface area contributed by atoms with E-state index in [1.54, 1.807) is 26.3 Å². The van der Waals surface area contributed by atoms with Gasteiger partial charge in [0.2, 0.25) is 0 Å². The lowest BCUT2D eigenvalue weighted by molar-refractivity contribution is 0.0989. The molecule has 0 bridgehead atoms.